The normalized spacial score (nSPS) is 16.1. The molecule has 0 N–H and O–H groups in total. The van der Waals surface area contributed by atoms with Crippen molar-refractivity contribution in [2.24, 2.45) is 0 Å². The van der Waals surface area contributed by atoms with E-state index in [9.17, 15) is 0 Å². The van der Waals surface area contributed by atoms with Crippen molar-refractivity contribution >= 4 is 0 Å². The predicted molar refractivity (Wildman–Crippen MR) is 92.5 cm³/mol. The van der Waals surface area contributed by atoms with Gasteiger partial charge < -0.3 is 9.47 Å². The molecule has 4 rings (SSSR count). The van der Waals surface area contributed by atoms with Crippen molar-refractivity contribution in [2.45, 2.75) is 6.10 Å². The third-order valence-electron chi connectivity index (χ3n) is 4.00. The van der Waals surface area contributed by atoms with Crippen LogP contribution in [0.25, 0.3) is 22.3 Å². The van der Waals surface area contributed by atoms with Crippen molar-refractivity contribution < 1.29 is 9.47 Å². The topological polar surface area (TPSA) is 21.8 Å². The molecule has 1 aliphatic rings. The van der Waals surface area contributed by atoms with Crippen LogP contribution < -0.4 is 4.74 Å². The lowest BCUT2D eigenvalue weighted by molar-refractivity contribution is 0.264. The van der Waals surface area contributed by atoms with E-state index in [0.717, 1.165) is 17.9 Å². The summed E-state index contributed by atoms with van der Waals surface area (Å²) >= 11 is 0. The highest BCUT2D eigenvalue weighted by atomic mass is 16.6. The Morgan fingerprint density at radius 3 is 2.09 bits per heavy atom. The maximum Gasteiger partial charge on any atom is 0.127 e. The molecule has 0 bridgehead atoms. The Balaban J connectivity index is 1.83. The minimum atomic E-state index is 0.249. The summed E-state index contributed by atoms with van der Waals surface area (Å²) in [5, 5.41) is 0. The molecular formula is C21H18O2. The van der Waals surface area contributed by atoms with E-state index in [4.69, 9.17) is 9.47 Å². The third kappa shape index (κ3) is 3.13. The zero-order chi connectivity index (χ0) is 15.5. The van der Waals surface area contributed by atoms with E-state index in [1.807, 2.05) is 18.2 Å². The highest BCUT2D eigenvalue weighted by Gasteiger charge is 2.24. The quantitative estimate of drug-likeness (QED) is 0.632. The van der Waals surface area contributed by atoms with Crippen LogP contribution in [0.4, 0.5) is 0 Å². The molecule has 0 saturated carbocycles. The van der Waals surface area contributed by atoms with Crippen molar-refractivity contribution in [1.29, 1.82) is 0 Å². The third-order valence-corrected chi connectivity index (χ3v) is 4.00. The minimum Gasteiger partial charge on any atom is -0.490 e. The molecule has 114 valence electrons. The summed E-state index contributed by atoms with van der Waals surface area (Å²) in [4.78, 5) is 0. The highest BCUT2D eigenvalue weighted by molar-refractivity contribution is 5.87. The Labute approximate surface area is 136 Å². The standard InChI is InChI=1S/C21H18O2/c1-3-8-16(9-4-1)19-12-7-13-20(23-15-18-14-22-18)21(19)17-10-5-2-6-11-17/h1-13,18H,14-15H2. The molecule has 1 saturated heterocycles. The maximum atomic E-state index is 6.05. The molecule has 1 aliphatic heterocycles. The number of hydrogen-bond acceptors (Lipinski definition) is 2. The van der Waals surface area contributed by atoms with Gasteiger partial charge in [0, 0.05) is 5.56 Å². The molecule has 2 heteroatoms. The van der Waals surface area contributed by atoms with Gasteiger partial charge in [0.25, 0.3) is 0 Å². The molecule has 1 unspecified atom stereocenters. The van der Waals surface area contributed by atoms with Crippen molar-refractivity contribution in [3.63, 3.8) is 0 Å². The van der Waals surface area contributed by atoms with Gasteiger partial charge in [0.05, 0.1) is 6.61 Å². The van der Waals surface area contributed by atoms with E-state index in [1.54, 1.807) is 0 Å². The highest BCUT2D eigenvalue weighted by Crippen LogP contribution is 2.39. The largest absolute Gasteiger partial charge is 0.490 e. The van der Waals surface area contributed by atoms with Crippen LogP contribution in [0.1, 0.15) is 0 Å². The van der Waals surface area contributed by atoms with Crippen LogP contribution >= 0.6 is 0 Å². The summed E-state index contributed by atoms with van der Waals surface area (Å²) in [5.74, 6) is 0.910. The first-order chi connectivity index (χ1) is 11.4. The second-order valence-corrected chi connectivity index (χ2v) is 5.68. The van der Waals surface area contributed by atoms with Gasteiger partial charge >= 0.3 is 0 Å². The zero-order valence-electron chi connectivity index (χ0n) is 12.8. The maximum absolute atomic E-state index is 6.05. The van der Waals surface area contributed by atoms with Crippen LogP contribution in [0.15, 0.2) is 78.9 Å². The molecule has 1 atom stereocenters. The molecule has 1 fully saturated rings. The summed E-state index contributed by atoms with van der Waals surface area (Å²) in [7, 11) is 0. The fraction of sp³-hybridized carbons (Fsp3) is 0.143. The van der Waals surface area contributed by atoms with Crippen LogP contribution in [0.2, 0.25) is 0 Å². The Morgan fingerprint density at radius 1 is 0.783 bits per heavy atom. The van der Waals surface area contributed by atoms with Gasteiger partial charge in [-0.25, -0.2) is 0 Å². The first-order valence-corrected chi connectivity index (χ1v) is 7.90. The summed E-state index contributed by atoms with van der Waals surface area (Å²) in [5.41, 5.74) is 4.68. The lowest BCUT2D eigenvalue weighted by atomic mass is 9.94. The molecule has 0 aliphatic carbocycles. The Morgan fingerprint density at radius 2 is 1.43 bits per heavy atom. The van der Waals surface area contributed by atoms with Crippen molar-refractivity contribution in [1.82, 2.24) is 0 Å². The Hall–Kier alpha value is -2.58. The van der Waals surface area contributed by atoms with E-state index >= 15 is 0 Å². The average molecular weight is 302 g/mol. The fourth-order valence-corrected chi connectivity index (χ4v) is 2.76. The van der Waals surface area contributed by atoms with Crippen LogP contribution in [0.5, 0.6) is 5.75 Å². The molecule has 3 aromatic carbocycles. The van der Waals surface area contributed by atoms with Crippen molar-refractivity contribution in [3.05, 3.63) is 78.9 Å². The summed E-state index contributed by atoms with van der Waals surface area (Å²) in [6.45, 7) is 1.41. The second kappa shape index (κ2) is 6.27. The van der Waals surface area contributed by atoms with Gasteiger partial charge in [-0.2, -0.15) is 0 Å². The molecule has 0 aromatic heterocycles. The molecule has 23 heavy (non-hydrogen) atoms. The molecule has 0 spiro atoms. The first-order valence-electron chi connectivity index (χ1n) is 7.90. The van der Waals surface area contributed by atoms with Crippen LogP contribution in [0.3, 0.4) is 0 Å². The van der Waals surface area contributed by atoms with E-state index in [0.29, 0.717) is 6.61 Å². The van der Waals surface area contributed by atoms with E-state index in [-0.39, 0.29) is 6.10 Å². The van der Waals surface area contributed by atoms with Crippen LogP contribution in [-0.2, 0) is 4.74 Å². The van der Waals surface area contributed by atoms with Crippen LogP contribution in [0, 0.1) is 0 Å². The van der Waals surface area contributed by atoms with Gasteiger partial charge in [-0.3, -0.25) is 0 Å². The van der Waals surface area contributed by atoms with Gasteiger partial charge in [0.2, 0.25) is 0 Å². The number of hydrogen-bond donors (Lipinski definition) is 0. The Bertz CT molecular complexity index is 777. The SMILES string of the molecule is c1ccc(-c2cccc(OCC3CO3)c2-c2ccccc2)cc1. The van der Waals surface area contributed by atoms with E-state index < -0.39 is 0 Å². The molecule has 1 heterocycles. The van der Waals surface area contributed by atoms with Crippen molar-refractivity contribution in [2.75, 3.05) is 13.2 Å². The lowest BCUT2D eigenvalue weighted by Crippen LogP contribution is -2.05. The van der Waals surface area contributed by atoms with Crippen LogP contribution in [-0.4, -0.2) is 19.3 Å². The first kappa shape index (κ1) is 14.0. The summed E-state index contributed by atoms with van der Waals surface area (Å²) < 4.78 is 11.3. The van der Waals surface area contributed by atoms with Gasteiger partial charge in [-0.1, -0.05) is 72.8 Å². The number of ether oxygens (including phenoxy) is 2. The molecule has 3 aromatic rings. The predicted octanol–water partition coefficient (Wildman–Crippen LogP) is 4.80. The van der Waals surface area contributed by atoms with E-state index in [1.165, 1.54) is 16.7 Å². The van der Waals surface area contributed by atoms with Gasteiger partial charge in [-0.15, -0.1) is 0 Å². The molecular weight excluding hydrogens is 284 g/mol. The second-order valence-electron chi connectivity index (χ2n) is 5.68. The average Bonchev–Trinajstić information content (AvgIpc) is 3.45. The molecule has 0 amide bonds. The minimum absolute atomic E-state index is 0.249. The van der Waals surface area contributed by atoms with Gasteiger partial charge in [-0.05, 0) is 22.8 Å². The van der Waals surface area contributed by atoms with Gasteiger partial charge in [0.15, 0.2) is 0 Å². The number of benzene rings is 3. The lowest BCUT2D eigenvalue weighted by Gasteiger charge is -2.16. The summed E-state index contributed by atoms with van der Waals surface area (Å²) in [6.07, 6.45) is 0.249. The number of epoxide rings is 1. The smallest absolute Gasteiger partial charge is 0.127 e. The molecule has 2 nitrogen and oxygen atoms in total. The monoisotopic (exact) mass is 302 g/mol. The number of rotatable bonds is 5. The summed E-state index contributed by atoms with van der Waals surface area (Å²) in [6, 6.07) is 27.1. The molecule has 0 radical (unpaired) electrons. The van der Waals surface area contributed by atoms with Gasteiger partial charge in [0.1, 0.15) is 18.5 Å². The van der Waals surface area contributed by atoms with Crippen molar-refractivity contribution in [3.8, 4) is 28.0 Å². The van der Waals surface area contributed by atoms with E-state index in [2.05, 4.69) is 60.7 Å². The fourth-order valence-electron chi connectivity index (χ4n) is 2.76. The Kier molecular flexibility index (Phi) is 3.83. The zero-order valence-corrected chi connectivity index (χ0v) is 12.8.